The lowest BCUT2D eigenvalue weighted by molar-refractivity contribution is 0.559. The molecule has 288 valence electrons. The Kier molecular flexibility index (Phi) is 7.75. The molecule has 1 heterocycles. The minimum Gasteiger partial charge on any atom is -0.456 e. The Balaban J connectivity index is 1.21. The molecular weight excluding hydrogens is 703 g/mol. The molecule has 2 aliphatic rings. The monoisotopic (exact) mass is 755 g/mol. The molecule has 0 unspecified atom stereocenters. The van der Waals surface area contributed by atoms with E-state index in [1.807, 2.05) is 0 Å². The van der Waals surface area contributed by atoms with Gasteiger partial charge in [-0.05, 0) is 115 Å². The topological polar surface area (TPSA) is 16.4 Å². The van der Waals surface area contributed by atoms with Crippen LogP contribution in [0.4, 0.5) is 17.1 Å². The third-order valence-corrected chi connectivity index (χ3v) is 13.3. The van der Waals surface area contributed by atoms with Gasteiger partial charge in [-0.25, -0.2) is 0 Å². The first-order valence-electron chi connectivity index (χ1n) is 20.9. The molecule has 1 aromatic heterocycles. The van der Waals surface area contributed by atoms with Crippen LogP contribution < -0.4 is 4.90 Å². The van der Waals surface area contributed by atoms with Gasteiger partial charge in [0, 0.05) is 44.1 Å². The average Bonchev–Trinajstić information content (AvgIpc) is 3.76. The molecule has 0 radical (unpaired) electrons. The zero-order valence-electron chi connectivity index (χ0n) is 35.6. The highest BCUT2D eigenvalue weighted by molar-refractivity contribution is 6.10. The number of hydrogen-bond acceptors (Lipinski definition) is 2. The minimum absolute atomic E-state index is 0.0111. The normalized spacial score (nSPS) is 15.0. The fraction of sp³-hybridized carbons (Fsp3) is 0.250. The smallest absolute Gasteiger partial charge is 0.139 e. The van der Waals surface area contributed by atoms with Crippen molar-refractivity contribution in [3.63, 3.8) is 0 Å². The van der Waals surface area contributed by atoms with Crippen molar-refractivity contribution >= 4 is 39.0 Å². The van der Waals surface area contributed by atoms with Crippen molar-refractivity contribution < 1.29 is 4.42 Å². The summed E-state index contributed by atoms with van der Waals surface area (Å²) in [6.07, 6.45) is 0. The number of hydrogen-bond donors (Lipinski definition) is 0. The van der Waals surface area contributed by atoms with Gasteiger partial charge in [0.25, 0.3) is 0 Å². The van der Waals surface area contributed by atoms with Crippen LogP contribution in [0.3, 0.4) is 0 Å². The number of anilines is 3. The van der Waals surface area contributed by atoms with Crippen LogP contribution in [0.5, 0.6) is 0 Å². The van der Waals surface area contributed by atoms with Gasteiger partial charge in [0.1, 0.15) is 11.2 Å². The highest BCUT2D eigenvalue weighted by Gasteiger charge is 2.40. The Morgan fingerprint density at radius 1 is 0.466 bits per heavy atom. The maximum absolute atomic E-state index is 7.00. The summed E-state index contributed by atoms with van der Waals surface area (Å²) in [6, 6.07) is 52.3. The van der Waals surface area contributed by atoms with E-state index in [1.165, 1.54) is 83.2 Å². The van der Waals surface area contributed by atoms with Crippen molar-refractivity contribution in [2.75, 3.05) is 4.90 Å². The standard InChI is InChI=1S/C56H53NO/c1-53(2,3)36-29-42-41-32-47-43(33-50(41)58-52(42)48(30-36)54(4,5)6)51-45(56(47,9)10)21-16-22-49(51)57(37-25-23-35(24-26-37)34-17-12-11-13-18-34)38-27-28-40-39-19-14-15-20-44(39)55(7,8)46(40)31-38/h11-33H,1-10H3. The summed E-state index contributed by atoms with van der Waals surface area (Å²) in [5, 5.41) is 2.41. The molecule has 0 aliphatic heterocycles. The predicted molar refractivity (Wildman–Crippen MR) is 246 cm³/mol. The Morgan fingerprint density at radius 3 is 1.81 bits per heavy atom. The summed E-state index contributed by atoms with van der Waals surface area (Å²) in [4.78, 5) is 2.49. The lowest BCUT2D eigenvalue weighted by atomic mass is 9.79. The highest BCUT2D eigenvalue weighted by Crippen LogP contribution is 2.57. The minimum atomic E-state index is -0.225. The first kappa shape index (κ1) is 36.5. The number of rotatable bonds is 4. The molecular formula is C56H53NO. The van der Waals surface area contributed by atoms with E-state index in [9.17, 15) is 0 Å². The van der Waals surface area contributed by atoms with Gasteiger partial charge in [0.2, 0.25) is 0 Å². The molecule has 0 bridgehead atoms. The second-order valence-electron chi connectivity index (χ2n) is 19.9. The zero-order valence-corrected chi connectivity index (χ0v) is 35.6. The second kappa shape index (κ2) is 12.3. The Labute approximate surface area is 344 Å². The molecule has 0 saturated heterocycles. The summed E-state index contributed by atoms with van der Waals surface area (Å²) < 4.78 is 7.00. The van der Waals surface area contributed by atoms with E-state index in [1.54, 1.807) is 0 Å². The molecule has 0 saturated carbocycles. The maximum atomic E-state index is 7.00. The van der Waals surface area contributed by atoms with Gasteiger partial charge in [-0.2, -0.15) is 0 Å². The first-order chi connectivity index (χ1) is 27.5. The fourth-order valence-electron chi connectivity index (χ4n) is 10.0. The van der Waals surface area contributed by atoms with E-state index >= 15 is 0 Å². The van der Waals surface area contributed by atoms with E-state index in [4.69, 9.17) is 4.42 Å². The van der Waals surface area contributed by atoms with Gasteiger partial charge in [-0.15, -0.1) is 0 Å². The van der Waals surface area contributed by atoms with Gasteiger partial charge in [-0.3, -0.25) is 0 Å². The van der Waals surface area contributed by atoms with E-state index in [2.05, 4.69) is 214 Å². The van der Waals surface area contributed by atoms with Gasteiger partial charge in [-0.1, -0.05) is 160 Å². The van der Waals surface area contributed by atoms with Crippen molar-refractivity contribution in [2.24, 2.45) is 0 Å². The Bertz CT molecular complexity index is 2940. The molecule has 2 heteroatoms. The Morgan fingerprint density at radius 2 is 1.09 bits per heavy atom. The molecule has 58 heavy (non-hydrogen) atoms. The number of fused-ring (bicyclic) bond motifs is 9. The average molecular weight is 756 g/mol. The van der Waals surface area contributed by atoms with Crippen LogP contribution >= 0.6 is 0 Å². The van der Waals surface area contributed by atoms with Gasteiger partial charge in [0.15, 0.2) is 0 Å². The van der Waals surface area contributed by atoms with Crippen LogP contribution in [-0.2, 0) is 21.7 Å². The first-order valence-corrected chi connectivity index (χ1v) is 20.9. The molecule has 2 aliphatic carbocycles. The lowest BCUT2D eigenvalue weighted by Crippen LogP contribution is -2.17. The van der Waals surface area contributed by atoms with Crippen molar-refractivity contribution in [1.29, 1.82) is 0 Å². The molecule has 0 spiro atoms. The van der Waals surface area contributed by atoms with Crippen LogP contribution in [0.2, 0.25) is 0 Å². The van der Waals surface area contributed by atoms with Crippen LogP contribution in [0.1, 0.15) is 103 Å². The largest absolute Gasteiger partial charge is 0.456 e. The summed E-state index contributed by atoms with van der Waals surface area (Å²) in [5.41, 5.74) is 20.6. The summed E-state index contributed by atoms with van der Waals surface area (Å²) in [6.45, 7) is 23.3. The zero-order chi connectivity index (χ0) is 40.5. The van der Waals surface area contributed by atoms with Gasteiger partial charge < -0.3 is 9.32 Å². The van der Waals surface area contributed by atoms with Crippen LogP contribution in [0, 0.1) is 0 Å². The summed E-state index contributed by atoms with van der Waals surface area (Å²) in [7, 11) is 0. The maximum Gasteiger partial charge on any atom is 0.139 e. The molecule has 0 atom stereocenters. The fourth-order valence-corrected chi connectivity index (χ4v) is 10.0. The van der Waals surface area contributed by atoms with E-state index in [0.717, 1.165) is 22.5 Å². The molecule has 0 N–H and O–H groups in total. The van der Waals surface area contributed by atoms with E-state index < -0.39 is 0 Å². The third kappa shape index (κ3) is 5.37. The van der Waals surface area contributed by atoms with Crippen molar-refractivity contribution in [3.8, 4) is 33.4 Å². The number of nitrogens with zero attached hydrogens (tertiary/aromatic N) is 1. The summed E-state index contributed by atoms with van der Waals surface area (Å²) in [5.74, 6) is 0. The third-order valence-electron chi connectivity index (χ3n) is 13.3. The molecule has 7 aromatic carbocycles. The number of benzene rings is 7. The van der Waals surface area contributed by atoms with Gasteiger partial charge in [0.05, 0.1) is 5.69 Å². The van der Waals surface area contributed by atoms with Crippen LogP contribution in [0.15, 0.2) is 144 Å². The van der Waals surface area contributed by atoms with E-state index in [0.29, 0.717) is 0 Å². The SMILES string of the molecule is CC(C)(C)c1cc(C(C)(C)C)c2oc3cc4c(cc3c2c1)C(C)(C)c1cccc(N(c2ccc(-c3ccccc3)cc2)c2ccc3c(c2)C(C)(C)c2ccccc2-3)c1-4. The second-order valence-corrected chi connectivity index (χ2v) is 19.9. The molecule has 2 nitrogen and oxygen atoms in total. The van der Waals surface area contributed by atoms with Crippen molar-refractivity contribution in [3.05, 3.63) is 173 Å². The van der Waals surface area contributed by atoms with E-state index in [-0.39, 0.29) is 21.7 Å². The molecule has 8 aromatic rings. The van der Waals surface area contributed by atoms with Crippen LogP contribution in [0.25, 0.3) is 55.3 Å². The molecule has 0 amide bonds. The Hall–Kier alpha value is -5.86. The van der Waals surface area contributed by atoms with Crippen molar-refractivity contribution in [1.82, 2.24) is 0 Å². The predicted octanol–water partition coefficient (Wildman–Crippen LogP) is 15.9. The number of furan rings is 1. The lowest BCUT2D eigenvalue weighted by Gasteiger charge is -2.30. The molecule has 0 fully saturated rings. The summed E-state index contributed by atoms with van der Waals surface area (Å²) >= 11 is 0. The van der Waals surface area contributed by atoms with Crippen molar-refractivity contribution in [2.45, 2.75) is 90.9 Å². The quantitative estimate of drug-likeness (QED) is 0.178. The van der Waals surface area contributed by atoms with Crippen LogP contribution in [-0.4, -0.2) is 0 Å². The molecule has 10 rings (SSSR count). The highest BCUT2D eigenvalue weighted by atomic mass is 16.3. The van der Waals surface area contributed by atoms with Gasteiger partial charge >= 0.3 is 0 Å².